The van der Waals surface area contributed by atoms with Crippen LogP contribution in [0.1, 0.15) is 19.4 Å². The van der Waals surface area contributed by atoms with E-state index in [1.165, 1.54) is 12.1 Å². The van der Waals surface area contributed by atoms with Gasteiger partial charge in [0, 0.05) is 0 Å². The number of fused-ring (bicyclic) bond motifs is 1. The third-order valence-corrected chi connectivity index (χ3v) is 3.65. The highest BCUT2D eigenvalue weighted by atomic mass is 19.1. The molecule has 3 nitrogen and oxygen atoms in total. The molecule has 0 aliphatic carbocycles. The number of ether oxygens (including phenoxy) is 1. The number of anilines is 1. The van der Waals surface area contributed by atoms with Gasteiger partial charge in [-0.2, -0.15) is 0 Å². The minimum atomic E-state index is -0.438. The van der Waals surface area contributed by atoms with Gasteiger partial charge in [-0.15, -0.1) is 0 Å². The van der Waals surface area contributed by atoms with Gasteiger partial charge in [0.2, 0.25) is 5.91 Å². The summed E-state index contributed by atoms with van der Waals surface area (Å²) in [5.74, 6) is 0.399. The summed E-state index contributed by atoms with van der Waals surface area (Å²) >= 11 is 0. The maximum absolute atomic E-state index is 13.0. The van der Waals surface area contributed by atoms with Crippen molar-refractivity contribution in [1.29, 1.82) is 0 Å². The molecule has 0 spiro atoms. The van der Waals surface area contributed by atoms with Crippen molar-refractivity contribution in [3.05, 3.63) is 59.9 Å². The van der Waals surface area contributed by atoms with Gasteiger partial charge in [-0.05, 0) is 43.7 Å². The average molecular weight is 299 g/mol. The zero-order chi connectivity index (χ0) is 15.7. The Hall–Kier alpha value is -2.36. The molecule has 3 rings (SSSR count). The van der Waals surface area contributed by atoms with Crippen LogP contribution in [-0.4, -0.2) is 18.1 Å². The van der Waals surface area contributed by atoms with Gasteiger partial charge in [-0.3, -0.25) is 4.79 Å². The van der Waals surface area contributed by atoms with Crippen LogP contribution in [0.15, 0.2) is 48.5 Å². The van der Waals surface area contributed by atoms with Crippen LogP contribution in [0.25, 0.3) is 0 Å². The van der Waals surface area contributed by atoms with Crippen molar-refractivity contribution in [2.45, 2.75) is 25.9 Å². The molecule has 0 bridgehead atoms. The van der Waals surface area contributed by atoms with Crippen LogP contribution >= 0.6 is 0 Å². The summed E-state index contributed by atoms with van der Waals surface area (Å²) in [6.07, 6.45) is 0.241. The molecule has 1 amide bonds. The van der Waals surface area contributed by atoms with Crippen molar-refractivity contribution in [3.63, 3.8) is 0 Å². The van der Waals surface area contributed by atoms with Gasteiger partial charge in [0.25, 0.3) is 0 Å². The van der Waals surface area contributed by atoms with Crippen molar-refractivity contribution < 1.29 is 13.9 Å². The van der Waals surface area contributed by atoms with E-state index in [9.17, 15) is 9.18 Å². The number of benzene rings is 2. The van der Waals surface area contributed by atoms with E-state index < -0.39 is 5.60 Å². The standard InChI is InChI=1S/C18H18FNO2/c1-18(2)12-20(15-5-3-4-6-16(15)22-18)17(21)11-13-7-9-14(19)10-8-13/h3-10H,11-12H2,1-2H3. The monoisotopic (exact) mass is 299 g/mol. The molecule has 0 N–H and O–H groups in total. The molecular formula is C18H18FNO2. The molecular weight excluding hydrogens is 281 g/mol. The number of nitrogens with zero attached hydrogens (tertiary/aromatic N) is 1. The Labute approximate surface area is 129 Å². The van der Waals surface area contributed by atoms with Crippen LogP contribution in [0, 0.1) is 5.82 Å². The minimum Gasteiger partial charge on any atom is -0.484 e. The second-order valence-electron chi connectivity index (χ2n) is 6.11. The van der Waals surface area contributed by atoms with E-state index in [4.69, 9.17) is 4.74 Å². The van der Waals surface area contributed by atoms with Gasteiger partial charge in [0.15, 0.2) is 0 Å². The lowest BCUT2D eigenvalue weighted by Gasteiger charge is -2.39. The van der Waals surface area contributed by atoms with E-state index in [0.717, 1.165) is 11.3 Å². The van der Waals surface area contributed by atoms with Gasteiger partial charge < -0.3 is 9.64 Å². The SMILES string of the molecule is CC1(C)CN(C(=O)Cc2ccc(F)cc2)c2ccccc2O1. The van der Waals surface area contributed by atoms with Gasteiger partial charge in [-0.1, -0.05) is 24.3 Å². The highest BCUT2D eigenvalue weighted by molar-refractivity contribution is 5.96. The Morgan fingerprint density at radius 3 is 2.59 bits per heavy atom. The van der Waals surface area contributed by atoms with Gasteiger partial charge >= 0.3 is 0 Å². The number of halogens is 1. The van der Waals surface area contributed by atoms with Crippen molar-refractivity contribution in [3.8, 4) is 5.75 Å². The highest BCUT2D eigenvalue weighted by Gasteiger charge is 2.34. The van der Waals surface area contributed by atoms with E-state index in [-0.39, 0.29) is 18.1 Å². The molecule has 1 aliphatic heterocycles. The molecule has 0 saturated carbocycles. The van der Waals surface area contributed by atoms with Crippen molar-refractivity contribution >= 4 is 11.6 Å². The Morgan fingerprint density at radius 1 is 1.18 bits per heavy atom. The fraction of sp³-hybridized carbons (Fsp3) is 0.278. The molecule has 0 aromatic heterocycles. The lowest BCUT2D eigenvalue weighted by atomic mass is 10.0. The molecule has 1 aliphatic rings. The summed E-state index contributed by atoms with van der Waals surface area (Å²) in [5.41, 5.74) is 1.15. The molecule has 2 aromatic rings. The topological polar surface area (TPSA) is 29.5 Å². The van der Waals surface area contributed by atoms with Gasteiger partial charge in [0.05, 0.1) is 18.7 Å². The number of carbonyl (C=O) groups excluding carboxylic acids is 1. The summed E-state index contributed by atoms with van der Waals surface area (Å²) in [7, 11) is 0. The largest absolute Gasteiger partial charge is 0.484 e. The van der Waals surface area contributed by atoms with E-state index in [2.05, 4.69) is 0 Å². The second kappa shape index (κ2) is 5.44. The number of amides is 1. The fourth-order valence-corrected chi connectivity index (χ4v) is 2.66. The van der Waals surface area contributed by atoms with E-state index in [1.807, 2.05) is 38.1 Å². The Bertz CT molecular complexity index is 694. The maximum atomic E-state index is 13.0. The number of carbonyl (C=O) groups is 1. The summed E-state index contributed by atoms with van der Waals surface area (Å²) in [4.78, 5) is 14.4. The quantitative estimate of drug-likeness (QED) is 0.848. The molecule has 4 heteroatoms. The van der Waals surface area contributed by atoms with Crippen molar-refractivity contribution in [2.24, 2.45) is 0 Å². The normalized spacial score (nSPS) is 15.9. The predicted molar refractivity (Wildman–Crippen MR) is 83.6 cm³/mol. The zero-order valence-corrected chi connectivity index (χ0v) is 12.7. The third-order valence-electron chi connectivity index (χ3n) is 3.65. The van der Waals surface area contributed by atoms with Crippen LogP contribution in [-0.2, 0) is 11.2 Å². The first-order valence-electron chi connectivity index (χ1n) is 7.27. The van der Waals surface area contributed by atoms with Crippen molar-refractivity contribution in [2.75, 3.05) is 11.4 Å². The van der Waals surface area contributed by atoms with Gasteiger partial charge in [-0.25, -0.2) is 4.39 Å². The first kappa shape index (κ1) is 14.6. The number of rotatable bonds is 2. The zero-order valence-electron chi connectivity index (χ0n) is 12.7. The first-order valence-corrected chi connectivity index (χ1v) is 7.27. The summed E-state index contributed by atoms with van der Waals surface area (Å²) in [6.45, 7) is 4.41. The number of hydrogen-bond donors (Lipinski definition) is 0. The minimum absolute atomic E-state index is 0.0181. The van der Waals surface area contributed by atoms with E-state index >= 15 is 0 Å². The fourth-order valence-electron chi connectivity index (χ4n) is 2.66. The maximum Gasteiger partial charge on any atom is 0.231 e. The summed E-state index contributed by atoms with van der Waals surface area (Å²) < 4.78 is 18.9. The van der Waals surface area contributed by atoms with Crippen LogP contribution < -0.4 is 9.64 Å². The molecule has 0 unspecified atom stereocenters. The smallest absolute Gasteiger partial charge is 0.231 e. The third kappa shape index (κ3) is 2.96. The molecule has 2 aromatic carbocycles. The molecule has 0 radical (unpaired) electrons. The molecule has 0 fully saturated rings. The number of hydrogen-bond acceptors (Lipinski definition) is 2. The lowest BCUT2D eigenvalue weighted by molar-refractivity contribution is -0.118. The summed E-state index contributed by atoms with van der Waals surface area (Å²) in [6, 6.07) is 13.6. The Morgan fingerprint density at radius 2 is 1.86 bits per heavy atom. The van der Waals surface area contributed by atoms with Crippen LogP contribution in [0.2, 0.25) is 0 Å². The van der Waals surface area contributed by atoms with Crippen molar-refractivity contribution in [1.82, 2.24) is 0 Å². The van der Waals surface area contributed by atoms with Crippen LogP contribution in [0.5, 0.6) is 5.75 Å². The Balaban J connectivity index is 1.87. The molecule has 0 atom stereocenters. The molecule has 114 valence electrons. The van der Waals surface area contributed by atoms with Crippen LogP contribution in [0.3, 0.4) is 0 Å². The second-order valence-corrected chi connectivity index (χ2v) is 6.11. The van der Waals surface area contributed by atoms with Crippen LogP contribution in [0.4, 0.5) is 10.1 Å². The Kier molecular flexibility index (Phi) is 3.61. The van der Waals surface area contributed by atoms with Gasteiger partial charge in [0.1, 0.15) is 17.2 Å². The molecule has 1 heterocycles. The average Bonchev–Trinajstić information content (AvgIpc) is 2.47. The highest BCUT2D eigenvalue weighted by Crippen LogP contribution is 2.36. The predicted octanol–water partition coefficient (Wildman–Crippen LogP) is 3.57. The van der Waals surface area contributed by atoms with E-state index in [0.29, 0.717) is 12.3 Å². The first-order chi connectivity index (χ1) is 10.4. The summed E-state index contributed by atoms with van der Waals surface area (Å²) in [5, 5.41) is 0. The van der Waals surface area contributed by atoms with E-state index in [1.54, 1.807) is 17.0 Å². The molecule has 0 saturated heterocycles. The number of para-hydroxylation sites is 2. The lowest BCUT2D eigenvalue weighted by Crippen LogP contribution is -2.49. The molecule has 22 heavy (non-hydrogen) atoms.